The van der Waals surface area contributed by atoms with Crippen molar-refractivity contribution in [3.05, 3.63) is 35.9 Å². The Balaban J connectivity index is 1.74. The van der Waals surface area contributed by atoms with Gasteiger partial charge in [0.2, 0.25) is 0 Å². The first-order chi connectivity index (χ1) is 10.6. The summed E-state index contributed by atoms with van der Waals surface area (Å²) in [7, 11) is 0. The number of amides is 1. The summed E-state index contributed by atoms with van der Waals surface area (Å²) in [4.78, 5) is 12.7. The van der Waals surface area contributed by atoms with Crippen molar-refractivity contribution in [1.29, 1.82) is 0 Å². The highest BCUT2D eigenvalue weighted by Crippen LogP contribution is 2.28. The minimum Gasteiger partial charge on any atom is -0.348 e. The summed E-state index contributed by atoms with van der Waals surface area (Å²) in [5.74, 6) is 1.63. The molecule has 2 aliphatic rings. The van der Waals surface area contributed by atoms with Gasteiger partial charge in [-0.25, -0.2) is 0 Å². The van der Waals surface area contributed by atoms with E-state index in [1.165, 1.54) is 19.3 Å². The Morgan fingerprint density at radius 2 is 1.86 bits per heavy atom. The molecule has 0 radical (unpaired) electrons. The van der Waals surface area contributed by atoms with Crippen molar-refractivity contribution >= 4 is 5.91 Å². The molecule has 3 rings (SSSR count). The van der Waals surface area contributed by atoms with E-state index in [9.17, 15) is 4.79 Å². The Morgan fingerprint density at radius 1 is 1.14 bits per heavy atom. The summed E-state index contributed by atoms with van der Waals surface area (Å²) in [5.41, 5.74) is 1.13. The summed E-state index contributed by atoms with van der Waals surface area (Å²) >= 11 is 0. The van der Waals surface area contributed by atoms with E-state index in [-0.39, 0.29) is 11.9 Å². The second-order valence-electron chi connectivity index (χ2n) is 7.29. The van der Waals surface area contributed by atoms with Gasteiger partial charge in [0, 0.05) is 17.5 Å². The van der Waals surface area contributed by atoms with Crippen LogP contribution >= 0.6 is 0 Å². The molecule has 0 aromatic heterocycles. The van der Waals surface area contributed by atoms with E-state index < -0.39 is 0 Å². The zero-order valence-corrected chi connectivity index (χ0v) is 13.8. The van der Waals surface area contributed by atoms with E-state index in [0.717, 1.165) is 24.3 Å². The lowest BCUT2D eigenvalue weighted by Gasteiger charge is -2.34. The fourth-order valence-electron chi connectivity index (χ4n) is 3.67. The first-order valence-electron chi connectivity index (χ1n) is 8.85. The van der Waals surface area contributed by atoms with Crippen LogP contribution in [0.3, 0.4) is 0 Å². The fraction of sp³-hybridized carbons (Fsp3) is 0.632. The molecule has 0 heterocycles. The maximum Gasteiger partial charge on any atom is 0.283 e. The fourth-order valence-corrected chi connectivity index (χ4v) is 3.67. The first-order valence-corrected chi connectivity index (χ1v) is 8.85. The molecule has 0 unspecified atom stereocenters. The maximum absolute atomic E-state index is 12.7. The lowest BCUT2D eigenvalue weighted by molar-refractivity contribution is -0.724. The molecule has 1 amide bonds. The van der Waals surface area contributed by atoms with Crippen molar-refractivity contribution in [3.63, 3.8) is 0 Å². The molecule has 3 heteroatoms. The lowest BCUT2D eigenvalue weighted by atomic mass is 9.77. The Kier molecular flexibility index (Phi) is 4.82. The van der Waals surface area contributed by atoms with E-state index in [4.69, 9.17) is 0 Å². The zero-order chi connectivity index (χ0) is 15.5. The van der Waals surface area contributed by atoms with Gasteiger partial charge in [0.1, 0.15) is 0 Å². The molecule has 2 fully saturated rings. The van der Waals surface area contributed by atoms with Gasteiger partial charge in [0.05, 0.1) is 6.04 Å². The van der Waals surface area contributed by atoms with Crippen LogP contribution in [0.1, 0.15) is 57.6 Å². The highest BCUT2D eigenvalue weighted by atomic mass is 16.2. The molecule has 0 aliphatic heterocycles. The number of quaternary nitrogens is 1. The minimum atomic E-state index is -0.0976. The van der Waals surface area contributed by atoms with Crippen molar-refractivity contribution in [2.75, 3.05) is 0 Å². The predicted molar refractivity (Wildman–Crippen MR) is 88.2 cm³/mol. The van der Waals surface area contributed by atoms with E-state index in [2.05, 4.69) is 36.6 Å². The molecule has 0 saturated heterocycles. The molecule has 3 N–H and O–H groups in total. The highest BCUT2D eigenvalue weighted by molar-refractivity contribution is 5.82. The number of hydrogen-bond acceptors (Lipinski definition) is 1. The molecule has 4 atom stereocenters. The molecule has 22 heavy (non-hydrogen) atoms. The van der Waals surface area contributed by atoms with Crippen molar-refractivity contribution in [1.82, 2.24) is 5.32 Å². The number of hydrogen-bond donors (Lipinski definition) is 2. The van der Waals surface area contributed by atoms with Crippen LogP contribution in [0, 0.1) is 11.8 Å². The van der Waals surface area contributed by atoms with Gasteiger partial charge in [-0.15, -0.1) is 0 Å². The van der Waals surface area contributed by atoms with Crippen LogP contribution in [0.2, 0.25) is 0 Å². The quantitative estimate of drug-likeness (QED) is 0.862. The molecule has 0 bridgehead atoms. The van der Waals surface area contributed by atoms with E-state index >= 15 is 0 Å². The van der Waals surface area contributed by atoms with Gasteiger partial charge in [-0.2, -0.15) is 0 Å². The van der Waals surface area contributed by atoms with Crippen LogP contribution in [0.5, 0.6) is 0 Å². The van der Waals surface area contributed by atoms with E-state index in [1.807, 2.05) is 18.2 Å². The molecule has 120 valence electrons. The monoisotopic (exact) mass is 301 g/mol. The Bertz CT molecular complexity index is 497. The van der Waals surface area contributed by atoms with Gasteiger partial charge in [0.25, 0.3) is 5.91 Å². The van der Waals surface area contributed by atoms with Crippen molar-refractivity contribution < 1.29 is 10.1 Å². The number of carbonyl (C=O) groups excluding carboxylic acids is 1. The van der Waals surface area contributed by atoms with Crippen molar-refractivity contribution in [2.45, 2.75) is 64.1 Å². The third kappa shape index (κ3) is 3.70. The molecule has 1 aromatic carbocycles. The van der Waals surface area contributed by atoms with E-state index in [1.54, 1.807) is 0 Å². The van der Waals surface area contributed by atoms with Gasteiger partial charge < -0.3 is 10.6 Å². The lowest BCUT2D eigenvalue weighted by Crippen LogP contribution is -2.94. The van der Waals surface area contributed by atoms with Gasteiger partial charge in [0.15, 0.2) is 6.04 Å². The van der Waals surface area contributed by atoms with Crippen LogP contribution < -0.4 is 10.6 Å². The summed E-state index contributed by atoms with van der Waals surface area (Å²) in [6, 6.07) is 11.1. The molecule has 2 saturated carbocycles. The minimum absolute atomic E-state index is 0.0976. The number of nitrogens with one attached hydrogen (secondary N) is 1. The largest absolute Gasteiger partial charge is 0.348 e. The van der Waals surface area contributed by atoms with Gasteiger partial charge in [-0.05, 0) is 38.0 Å². The second-order valence-corrected chi connectivity index (χ2v) is 7.29. The average molecular weight is 301 g/mol. The number of rotatable bonds is 5. The van der Waals surface area contributed by atoms with Crippen LogP contribution in [0.15, 0.2) is 30.3 Å². The third-order valence-electron chi connectivity index (χ3n) is 5.57. The zero-order valence-electron chi connectivity index (χ0n) is 13.8. The maximum atomic E-state index is 12.7. The van der Waals surface area contributed by atoms with Gasteiger partial charge >= 0.3 is 0 Å². The van der Waals surface area contributed by atoms with Gasteiger partial charge in [-0.1, -0.05) is 44.2 Å². The standard InChI is InChI=1S/C19H28N2O/c1-13-7-6-10-17(14(13)2)21-18(15-8-4-3-5-9-15)19(22)20-16-11-12-16/h3-5,8-9,13-14,16-18,21H,6-7,10-12H2,1-2H3,(H,20,22)/p+1/t13-,14-,17+,18+/m1/s1. The molecular weight excluding hydrogens is 272 g/mol. The van der Waals surface area contributed by atoms with Gasteiger partial charge in [-0.3, -0.25) is 4.79 Å². The number of carbonyl (C=O) groups is 1. The van der Waals surface area contributed by atoms with Crippen molar-refractivity contribution in [2.24, 2.45) is 11.8 Å². The molecular formula is C19H29N2O+. The molecule has 1 aromatic rings. The van der Waals surface area contributed by atoms with Crippen LogP contribution in [0.25, 0.3) is 0 Å². The van der Waals surface area contributed by atoms with Crippen LogP contribution in [0.4, 0.5) is 0 Å². The molecule has 2 aliphatic carbocycles. The molecule has 0 spiro atoms. The SMILES string of the molecule is C[C@@H]1[C@H](C)CCC[C@@H]1[NH2+][C@H](C(=O)NC1CC1)c1ccccc1. The van der Waals surface area contributed by atoms with Crippen LogP contribution in [-0.2, 0) is 4.79 Å². The highest BCUT2D eigenvalue weighted by Gasteiger charge is 2.36. The van der Waals surface area contributed by atoms with Crippen LogP contribution in [-0.4, -0.2) is 18.0 Å². The number of benzene rings is 1. The first kappa shape index (κ1) is 15.5. The van der Waals surface area contributed by atoms with E-state index in [0.29, 0.717) is 18.0 Å². The topological polar surface area (TPSA) is 45.7 Å². The number of nitrogens with two attached hydrogens (primary N) is 1. The van der Waals surface area contributed by atoms with Crippen molar-refractivity contribution in [3.8, 4) is 0 Å². The Hall–Kier alpha value is -1.35. The Morgan fingerprint density at radius 3 is 2.55 bits per heavy atom. The predicted octanol–water partition coefficient (Wildman–Crippen LogP) is 2.39. The smallest absolute Gasteiger partial charge is 0.283 e. The summed E-state index contributed by atoms with van der Waals surface area (Å²) in [5, 5.41) is 5.54. The molecule has 3 nitrogen and oxygen atoms in total. The summed E-state index contributed by atoms with van der Waals surface area (Å²) < 4.78 is 0. The summed E-state index contributed by atoms with van der Waals surface area (Å²) in [6.45, 7) is 4.71. The Labute approximate surface area is 133 Å². The second kappa shape index (κ2) is 6.82. The normalized spacial score (nSPS) is 29.8. The third-order valence-corrected chi connectivity index (χ3v) is 5.57. The summed E-state index contributed by atoms with van der Waals surface area (Å²) in [6.07, 6.45) is 6.13. The average Bonchev–Trinajstić information content (AvgIpc) is 3.33.